The van der Waals surface area contributed by atoms with E-state index in [9.17, 15) is 13.6 Å². The van der Waals surface area contributed by atoms with Gasteiger partial charge in [0.2, 0.25) is 5.91 Å². The fourth-order valence-electron chi connectivity index (χ4n) is 2.80. The van der Waals surface area contributed by atoms with Crippen molar-refractivity contribution >= 4 is 16.9 Å². The smallest absolute Gasteiger partial charge is 0.224 e. The van der Waals surface area contributed by atoms with E-state index in [1.165, 1.54) is 0 Å². The van der Waals surface area contributed by atoms with Gasteiger partial charge < -0.3 is 14.8 Å². The number of nitrogens with zero attached hydrogens (tertiary/aromatic N) is 3. The summed E-state index contributed by atoms with van der Waals surface area (Å²) >= 11 is 0. The molecule has 1 fully saturated rings. The number of piperazine rings is 1. The summed E-state index contributed by atoms with van der Waals surface area (Å²) in [7, 11) is 0. The molecule has 1 aliphatic heterocycles. The van der Waals surface area contributed by atoms with E-state index in [0.717, 1.165) is 25.2 Å². The van der Waals surface area contributed by atoms with E-state index < -0.39 is 11.6 Å². The number of hydrogen-bond acceptors (Lipinski definition) is 3. The van der Waals surface area contributed by atoms with Gasteiger partial charge in [-0.25, -0.2) is 13.8 Å². The molecule has 0 spiro atoms. The average molecular weight is 308 g/mol. The van der Waals surface area contributed by atoms with E-state index in [1.807, 2.05) is 4.90 Å². The quantitative estimate of drug-likeness (QED) is 0.933. The predicted molar refractivity (Wildman–Crippen MR) is 78.5 cm³/mol. The summed E-state index contributed by atoms with van der Waals surface area (Å²) in [6.45, 7) is 5.22. The molecule has 2 aromatic rings. The molecule has 1 amide bonds. The fourth-order valence-corrected chi connectivity index (χ4v) is 2.80. The van der Waals surface area contributed by atoms with Crippen molar-refractivity contribution in [2.75, 3.05) is 26.2 Å². The van der Waals surface area contributed by atoms with Crippen molar-refractivity contribution in [2.24, 2.45) is 0 Å². The molecule has 5 nitrogen and oxygen atoms in total. The first-order valence-corrected chi connectivity index (χ1v) is 7.36. The second kappa shape index (κ2) is 6.00. The van der Waals surface area contributed by atoms with Gasteiger partial charge in [-0.15, -0.1) is 0 Å². The number of benzene rings is 1. The average Bonchev–Trinajstić information content (AvgIpc) is 2.81. The molecule has 3 rings (SSSR count). The molecule has 1 N–H and O–H groups in total. The second-order valence-electron chi connectivity index (χ2n) is 5.45. The first kappa shape index (κ1) is 14.9. The summed E-state index contributed by atoms with van der Waals surface area (Å²) in [4.78, 5) is 18.2. The van der Waals surface area contributed by atoms with Gasteiger partial charge in [0.05, 0.1) is 11.0 Å². The molecular formula is C15H18F2N4O. The Labute approximate surface area is 126 Å². The number of hydrogen-bond donors (Lipinski definition) is 1. The highest BCUT2D eigenvalue weighted by Gasteiger charge is 2.17. The molecule has 1 aromatic carbocycles. The van der Waals surface area contributed by atoms with Gasteiger partial charge in [-0.2, -0.15) is 0 Å². The van der Waals surface area contributed by atoms with Crippen LogP contribution in [0.4, 0.5) is 8.78 Å². The minimum Gasteiger partial charge on any atom is -0.340 e. The van der Waals surface area contributed by atoms with Gasteiger partial charge in [-0.1, -0.05) is 0 Å². The molecule has 22 heavy (non-hydrogen) atoms. The third-order valence-electron chi connectivity index (χ3n) is 4.00. The molecule has 0 radical (unpaired) electrons. The number of nitrogens with one attached hydrogen (secondary N) is 1. The Kier molecular flexibility index (Phi) is 4.06. The van der Waals surface area contributed by atoms with E-state index in [0.29, 0.717) is 42.9 Å². The number of rotatable bonds is 3. The van der Waals surface area contributed by atoms with Gasteiger partial charge in [-0.3, -0.25) is 4.79 Å². The first-order chi connectivity index (χ1) is 10.6. The summed E-state index contributed by atoms with van der Waals surface area (Å²) in [5, 5.41) is 3.20. The lowest BCUT2D eigenvalue weighted by Gasteiger charge is -2.27. The minimum absolute atomic E-state index is 0.0744. The third-order valence-corrected chi connectivity index (χ3v) is 4.00. The van der Waals surface area contributed by atoms with E-state index >= 15 is 0 Å². The van der Waals surface area contributed by atoms with Crippen LogP contribution >= 0.6 is 0 Å². The molecule has 0 saturated carbocycles. The van der Waals surface area contributed by atoms with E-state index in [1.54, 1.807) is 11.5 Å². The minimum atomic E-state index is -0.908. The van der Waals surface area contributed by atoms with Crippen molar-refractivity contribution in [1.82, 2.24) is 19.8 Å². The highest BCUT2D eigenvalue weighted by molar-refractivity contribution is 5.78. The number of fused-ring (bicyclic) bond motifs is 1. The van der Waals surface area contributed by atoms with E-state index in [-0.39, 0.29) is 5.91 Å². The Hall–Kier alpha value is -2.02. The van der Waals surface area contributed by atoms with Crippen molar-refractivity contribution in [3.8, 4) is 0 Å². The molecule has 0 bridgehead atoms. The molecule has 1 saturated heterocycles. The number of carbonyl (C=O) groups excluding carboxylic acids is 1. The number of aromatic nitrogens is 2. The third kappa shape index (κ3) is 2.81. The van der Waals surface area contributed by atoms with Gasteiger partial charge in [-0.05, 0) is 6.92 Å². The largest absolute Gasteiger partial charge is 0.340 e. The molecule has 1 aromatic heterocycles. The van der Waals surface area contributed by atoms with Gasteiger partial charge in [0, 0.05) is 51.3 Å². The standard InChI is InChI=1S/C15H18F2N4O/c1-10-19-13-8-11(16)12(17)9-14(13)21(10)5-2-15(22)20-6-3-18-4-7-20/h8-9,18H,2-7H2,1H3. The van der Waals surface area contributed by atoms with Crippen LogP contribution in [-0.2, 0) is 11.3 Å². The lowest BCUT2D eigenvalue weighted by molar-refractivity contribution is -0.131. The number of carbonyl (C=O) groups is 1. The van der Waals surface area contributed by atoms with Crippen molar-refractivity contribution in [1.29, 1.82) is 0 Å². The van der Waals surface area contributed by atoms with Crippen LogP contribution in [0.25, 0.3) is 11.0 Å². The summed E-state index contributed by atoms with van der Waals surface area (Å²) in [5.74, 6) is -1.09. The summed E-state index contributed by atoms with van der Waals surface area (Å²) < 4.78 is 28.4. The van der Waals surface area contributed by atoms with Gasteiger partial charge in [0.1, 0.15) is 5.82 Å². The lowest BCUT2D eigenvalue weighted by Crippen LogP contribution is -2.46. The number of halogens is 2. The Balaban J connectivity index is 1.77. The topological polar surface area (TPSA) is 50.2 Å². The van der Waals surface area contributed by atoms with Crippen LogP contribution in [0.2, 0.25) is 0 Å². The maximum Gasteiger partial charge on any atom is 0.224 e. The second-order valence-corrected chi connectivity index (χ2v) is 5.45. The van der Waals surface area contributed by atoms with Crippen LogP contribution in [0.15, 0.2) is 12.1 Å². The Morgan fingerprint density at radius 3 is 2.68 bits per heavy atom. The van der Waals surface area contributed by atoms with Crippen LogP contribution < -0.4 is 5.32 Å². The molecule has 0 atom stereocenters. The molecule has 0 unspecified atom stereocenters. The number of amides is 1. The molecule has 0 aliphatic carbocycles. The zero-order valence-electron chi connectivity index (χ0n) is 12.4. The zero-order chi connectivity index (χ0) is 15.7. The van der Waals surface area contributed by atoms with Gasteiger partial charge >= 0.3 is 0 Å². The number of aryl methyl sites for hydroxylation is 2. The van der Waals surface area contributed by atoms with E-state index in [4.69, 9.17) is 0 Å². The van der Waals surface area contributed by atoms with Crippen molar-refractivity contribution < 1.29 is 13.6 Å². The van der Waals surface area contributed by atoms with Crippen molar-refractivity contribution in [2.45, 2.75) is 19.9 Å². The normalized spacial score (nSPS) is 15.5. The lowest BCUT2D eigenvalue weighted by atomic mass is 10.2. The fraction of sp³-hybridized carbons (Fsp3) is 0.467. The molecule has 118 valence electrons. The maximum atomic E-state index is 13.4. The Bertz CT molecular complexity index is 707. The molecular weight excluding hydrogens is 290 g/mol. The molecule has 2 heterocycles. The van der Waals surface area contributed by atoms with E-state index in [2.05, 4.69) is 10.3 Å². The summed E-state index contributed by atoms with van der Waals surface area (Å²) in [6.07, 6.45) is 0.325. The Morgan fingerprint density at radius 2 is 1.95 bits per heavy atom. The molecule has 1 aliphatic rings. The SMILES string of the molecule is Cc1nc2cc(F)c(F)cc2n1CCC(=O)N1CCNCC1. The van der Waals surface area contributed by atoms with Crippen LogP contribution in [-0.4, -0.2) is 46.5 Å². The Morgan fingerprint density at radius 1 is 1.27 bits per heavy atom. The number of imidazole rings is 1. The first-order valence-electron chi connectivity index (χ1n) is 7.36. The molecule has 7 heteroatoms. The zero-order valence-corrected chi connectivity index (χ0v) is 12.4. The predicted octanol–water partition coefficient (Wildman–Crippen LogP) is 1.44. The van der Waals surface area contributed by atoms with Crippen LogP contribution in [0.1, 0.15) is 12.2 Å². The van der Waals surface area contributed by atoms with Crippen LogP contribution in [0.5, 0.6) is 0 Å². The highest BCUT2D eigenvalue weighted by atomic mass is 19.2. The monoisotopic (exact) mass is 308 g/mol. The van der Waals surface area contributed by atoms with Crippen LogP contribution in [0.3, 0.4) is 0 Å². The van der Waals surface area contributed by atoms with Crippen molar-refractivity contribution in [3.05, 3.63) is 29.6 Å². The van der Waals surface area contributed by atoms with Gasteiger partial charge in [0.25, 0.3) is 0 Å². The summed E-state index contributed by atoms with van der Waals surface area (Å²) in [6, 6.07) is 2.23. The van der Waals surface area contributed by atoms with Crippen molar-refractivity contribution in [3.63, 3.8) is 0 Å². The van der Waals surface area contributed by atoms with Crippen LogP contribution in [0, 0.1) is 18.6 Å². The maximum absolute atomic E-state index is 13.4. The summed E-state index contributed by atoms with van der Waals surface area (Å²) in [5.41, 5.74) is 0.926. The van der Waals surface area contributed by atoms with Gasteiger partial charge in [0.15, 0.2) is 11.6 Å². The highest BCUT2D eigenvalue weighted by Crippen LogP contribution is 2.20.